The van der Waals surface area contributed by atoms with Gasteiger partial charge >= 0.3 is 0 Å². The van der Waals surface area contributed by atoms with Crippen molar-refractivity contribution in [1.29, 1.82) is 0 Å². The lowest BCUT2D eigenvalue weighted by Gasteiger charge is -2.40. The van der Waals surface area contributed by atoms with Gasteiger partial charge in [0.25, 0.3) is 5.91 Å². The second-order valence-electron chi connectivity index (χ2n) is 6.63. The fourth-order valence-electron chi connectivity index (χ4n) is 3.25. The maximum Gasteiger partial charge on any atom is 0.290 e. The molecular formula is C19H23ClN4O2. The van der Waals surface area contributed by atoms with Crippen molar-refractivity contribution in [3.05, 3.63) is 47.0 Å². The summed E-state index contributed by atoms with van der Waals surface area (Å²) in [7, 11) is 0. The van der Waals surface area contributed by atoms with Gasteiger partial charge in [-0.3, -0.25) is 9.59 Å². The highest BCUT2D eigenvalue weighted by Gasteiger charge is 2.36. The first-order valence-electron chi connectivity index (χ1n) is 8.88. The molecule has 2 aromatic rings. The summed E-state index contributed by atoms with van der Waals surface area (Å²) in [6.07, 6.45) is 4.48. The number of aryl methyl sites for hydroxylation is 1. The van der Waals surface area contributed by atoms with Crippen LogP contribution in [-0.2, 0) is 4.79 Å². The fourth-order valence-corrected chi connectivity index (χ4v) is 3.43. The normalized spacial score (nSPS) is 17.7. The number of imidazole rings is 1. The average Bonchev–Trinajstić information content (AvgIpc) is 3.06. The Balaban J connectivity index is 1.85. The van der Waals surface area contributed by atoms with Crippen molar-refractivity contribution < 1.29 is 9.59 Å². The molecule has 0 radical (unpaired) electrons. The van der Waals surface area contributed by atoms with Crippen LogP contribution in [0.2, 0.25) is 5.02 Å². The highest BCUT2D eigenvalue weighted by atomic mass is 35.5. The molecule has 1 fully saturated rings. The van der Waals surface area contributed by atoms with Gasteiger partial charge in [-0.25, -0.2) is 4.98 Å². The topological polar surface area (TPSA) is 69.3 Å². The summed E-state index contributed by atoms with van der Waals surface area (Å²) in [5.74, 6) is -0.0528. The number of amides is 2. The molecule has 138 valence electrons. The number of aromatic amines is 1. The Morgan fingerprint density at radius 1 is 1.42 bits per heavy atom. The van der Waals surface area contributed by atoms with Gasteiger partial charge in [-0.05, 0) is 31.5 Å². The summed E-state index contributed by atoms with van der Waals surface area (Å²) < 4.78 is 0. The van der Waals surface area contributed by atoms with E-state index in [1.54, 1.807) is 28.1 Å². The highest BCUT2D eigenvalue weighted by Crippen LogP contribution is 2.25. The zero-order chi connectivity index (χ0) is 18.7. The summed E-state index contributed by atoms with van der Waals surface area (Å²) >= 11 is 6.08. The zero-order valence-corrected chi connectivity index (χ0v) is 15.8. The maximum atomic E-state index is 12.9. The van der Waals surface area contributed by atoms with Crippen LogP contribution in [0.3, 0.4) is 0 Å². The summed E-state index contributed by atoms with van der Waals surface area (Å²) in [4.78, 5) is 36.1. The molecule has 0 bridgehead atoms. The van der Waals surface area contributed by atoms with Crippen LogP contribution in [0.5, 0.6) is 0 Å². The highest BCUT2D eigenvalue weighted by molar-refractivity contribution is 6.30. The van der Waals surface area contributed by atoms with Crippen molar-refractivity contribution >= 4 is 29.1 Å². The van der Waals surface area contributed by atoms with E-state index in [1.165, 1.54) is 0 Å². The molecule has 1 unspecified atom stereocenters. The van der Waals surface area contributed by atoms with E-state index in [4.69, 9.17) is 11.6 Å². The van der Waals surface area contributed by atoms with E-state index < -0.39 is 0 Å². The maximum absolute atomic E-state index is 12.9. The van der Waals surface area contributed by atoms with Gasteiger partial charge in [0, 0.05) is 29.1 Å². The van der Waals surface area contributed by atoms with Gasteiger partial charge in [0.05, 0.1) is 6.04 Å². The molecule has 1 atom stereocenters. The van der Waals surface area contributed by atoms with Crippen molar-refractivity contribution in [1.82, 2.24) is 14.9 Å². The van der Waals surface area contributed by atoms with Crippen LogP contribution in [0.4, 0.5) is 5.69 Å². The number of carbonyl (C=O) groups excluding carboxylic acids is 2. The Bertz CT molecular complexity index is 804. The van der Waals surface area contributed by atoms with Gasteiger partial charge in [-0.15, -0.1) is 0 Å². The molecule has 7 heteroatoms. The molecule has 0 aliphatic carbocycles. The van der Waals surface area contributed by atoms with Gasteiger partial charge in [0.2, 0.25) is 5.91 Å². The van der Waals surface area contributed by atoms with E-state index in [0.717, 1.165) is 30.6 Å². The fraction of sp³-hybridized carbons (Fsp3) is 0.421. The average molecular weight is 375 g/mol. The SMILES string of the molecule is CCCCC1CN(c2cccc(Cl)c2)C(=O)CN1C(=O)c1ncc(C)[nH]1. The number of rotatable bonds is 5. The van der Waals surface area contributed by atoms with E-state index in [9.17, 15) is 9.59 Å². The van der Waals surface area contributed by atoms with Gasteiger partial charge in [0.15, 0.2) is 5.82 Å². The van der Waals surface area contributed by atoms with Crippen LogP contribution in [-0.4, -0.2) is 45.8 Å². The number of halogens is 1. The molecular weight excluding hydrogens is 352 g/mol. The second-order valence-corrected chi connectivity index (χ2v) is 7.06. The molecule has 26 heavy (non-hydrogen) atoms. The minimum Gasteiger partial charge on any atom is -0.338 e. The molecule has 0 saturated carbocycles. The standard InChI is InChI=1S/C19H23ClN4O2/c1-3-4-7-16-11-23(15-8-5-6-14(20)9-15)17(25)12-24(16)19(26)18-21-10-13(2)22-18/h5-6,8-10,16H,3-4,7,11-12H2,1-2H3,(H,21,22). The Morgan fingerprint density at radius 2 is 2.23 bits per heavy atom. The van der Waals surface area contributed by atoms with Crippen molar-refractivity contribution in [2.75, 3.05) is 18.0 Å². The van der Waals surface area contributed by atoms with Crippen LogP contribution in [0, 0.1) is 6.92 Å². The lowest BCUT2D eigenvalue weighted by Crippen LogP contribution is -2.58. The molecule has 6 nitrogen and oxygen atoms in total. The predicted octanol–water partition coefficient (Wildman–Crippen LogP) is 3.42. The molecule has 0 spiro atoms. The van der Waals surface area contributed by atoms with Crippen molar-refractivity contribution in [2.24, 2.45) is 0 Å². The third-order valence-corrected chi connectivity index (χ3v) is 4.85. The Kier molecular flexibility index (Phi) is 5.61. The third kappa shape index (κ3) is 3.90. The number of nitrogens with zero attached hydrogens (tertiary/aromatic N) is 3. The summed E-state index contributed by atoms with van der Waals surface area (Å²) in [5, 5.41) is 0.588. The summed E-state index contributed by atoms with van der Waals surface area (Å²) in [6.45, 7) is 4.47. The molecule has 1 aromatic carbocycles. The summed E-state index contributed by atoms with van der Waals surface area (Å²) in [6, 6.07) is 7.21. The number of carbonyl (C=O) groups is 2. The lowest BCUT2D eigenvalue weighted by atomic mass is 10.0. The molecule has 1 aliphatic heterocycles. The number of unbranched alkanes of at least 4 members (excludes halogenated alkanes) is 1. The minimum absolute atomic E-state index is 0.0411. The Labute approximate surface area is 158 Å². The quantitative estimate of drug-likeness (QED) is 0.871. The first-order valence-corrected chi connectivity index (χ1v) is 9.26. The number of H-pyrrole nitrogens is 1. The summed E-state index contributed by atoms with van der Waals surface area (Å²) in [5.41, 5.74) is 1.59. The Morgan fingerprint density at radius 3 is 2.88 bits per heavy atom. The van der Waals surface area contributed by atoms with Crippen molar-refractivity contribution in [3.63, 3.8) is 0 Å². The minimum atomic E-state index is -0.224. The largest absolute Gasteiger partial charge is 0.338 e. The zero-order valence-electron chi connectivity index (χ0n) is 15.0. The molecule has 1 aliphatic rings. The molecule has 3 rings (SSSR count). The van der Waals surface area contributed by atoms with Crippen LogP contribution < -0.4 is 4.90 Å². The van der Waals surface area contributed by atoms with Gasteiger partial charge in [-0.2, -0.15) is 0 Å². The molecule has 2 heterocycles. The van der Waals surface area contributed by atoms with E-state index >= 15 is 0 Å². The van der Waals surface area contributed by atoms with Crippen LogP contribution in [0.15, 0.2) is 30.5 Å². The van der Waals surface area contributed by atoms with Crippen molar-refractivity contribution in [2.45, 2.75) is 39.2 Å². The monoisotopic (exact) mass is 374 g/mol. The first-order chi connectivity index (χ1) is 12.5. The predicted molar refractivity (Wildman–Crippen MR) is 101 cm³/mol. The molecule has 1 N–H and O–H groups in total. The van der Waals surface area contributed by atoms with Gasteiger partial charge in [-0.1, -0.05) is 37.4 Å². The van der Waals surface area contributed by atoms with E-state index in [0.29, 0.717) is 11.6 Å². The number of hydrogen-bond donors (Lipinski definition) is 1. The van der Waals surface area contributed by atoms with Crippen LogP contribution in [0.25, 0.3) is 0 Å². The van der Waals surface area contributed by atoms with Crippen molar-refractivity contribution in [3.8, 4) is 0 Å². The van der Waals surface area contributed by atoms with Crippen LogP contribution in [0.1, 0.15) is 42.5 Å². The third-order valence-electron chi connectivity index (χ3n) is 4.62. The first kappa shape index (κ1) is 18.5. The number of aromatic nitrogens is 2. The molecule has 2 amide bonds. The Hall–Kier alpha value is -2.34. The van der Waals surface area contributed by atoms with E-state index in [-0.39, 0.29) is 30.2 Å². The number of benzene rings is 1. The van der Waals surface area contributed by atoms with E-state index in [1.807, 2.05) is 19.1 Å². The number of nitrogens with one attached hydrogen (secondary N) is 1. The second kappa shape index (κ2) is 7.91. The smallest absolute Gasteiger partial charge is 0.290 e. The number of piperazine rings is 1. The van der Waals surface area contributed by atoms with Crippen LogP contribution >= 0.6 is 11.6 Å². The molecule has 1 saturated heterocycles. The number of hydrogen-bond acceptors (Lipinski definition) is 3. The molecule has 1 aromatic heterocycles. The van der Waals surface area contributed by atoms with E-state index in [2.05, 4.69) is 16.9 Å². The number of anilines is 1. The van der Waals surface area contributed by atoms with Gasteiger partial charge in [0.1, 0.15) is 6.54 Å². The lowest BCUT2D eigenvalue weighted by molar-refractivity contribution is -0.121. The van der Waals surface area contributed by atoms with Gasteiger partial charge < -0.3 is 14.8 Å².